The number of aryl methyl sites for hydroxylation is 2. The number of nitrogens with zero attached hydrogens (tertiary/aromatic N) is 4. The molecule has 4 rings (SSSR count). The molecule has 1 aliphatic heterocycles. The molecule has 2 aromatic rings. The molecule has 1 amide bonds. The van der Waals surface area contributed by atoms with Crippen LogP contribution in [0.4, 0.5) is 0 Å². The van der Waals surface area contributed by atoms with E-state index in [0.29, 0.717) is 18.2 Å². The van der Waals surface area contributed by atoms with Crippen molar-refractivity contribution in [3.05, 3.63) is 23.7 Å². The fourth-order valence-corrected chi connectivity index (χ4v) is 4.70. The lowest BCUT2D eigenvalue weighted by Gasteiger charge is -2.36. The second kappa shape index (κ2) is 7.87. The van der Waals surface area contributed by atoms with Gasteiger partial charge in [-0.3, -0.25) is 9.48 Å². The zero-order chi connectivity index (χ0) is 18.8. The van der Waals surface area contributed by atoms with Crippen molar-refractivity contribution in [2.75, 3.05) is 6.54 Å². The van der Waals surface area contributed by atoms with Gasteiger partial charge in [0, 0.05) is 32.3 Å². The highest BCUT2D eigenvalue weighted by atomic mass is 16.5. The Bertz CT molecular complexity index is 788. The molecule has 0 unspecified atom stereocenters. The van der Waals surface area contributed by atoms with Gasteiger partial charge in [0.15, 0.2) is 5.76 Å². The lowest BCUT2D eigenvalue weighted by atomic mass is 9.86. The SMILES string of the molecule is Cc1cc(-c2cn(C)nc2[C@H]2CCCCN2C(=O)CC2CCCCC2)on1. The number of aromatic nitrogens is 3. The van der Waals surface area contributed by atoms with Gasteiger partial charge < -0.3 is 9.42 Å². The van der Waals surface area contributed by atoms with Crippen LogP contribution in [0, 0.1) is 12.8 Å². The third-order valence-corrected chi connectivity index (χ3v) is 6.08. The third-order valence-electron chi connectivity index (χ3n) is 6.08. The quantitative estimate of drug-likeness (QED) is 0.800. The van der Waals surface area contributed by atoms with Crippen LogP contribution in [0.3, 0.4) is 0 Å². The lowest BCUT2D eigenvalue weighted by molar-refractivity contribution is -0.136. The van der Waals surface area contributed by atoms with Crippen LogP contribution in [0.25, 0.3) is 11.3 Å². The van der Waals surface area contributed by atoms with Crippen molar-refractivity contribution >= 4 is 5.91 Å². The summed E-state index contributed by atoms with van der Waals surface area (Å²) in [5, 5.41) is 8.76. The largest absolute Gasteiger partial charge is 0.356 e. The topological polar surface area (TPSA) is 64.2 Å². The van der Waals surface area contributed by atoms with Crippen LogP contribution in [0.5, 0.6) is 0 Å². The monoisotopic (exact) mass is 370 g/mol. The Balaban J connectivity index is 1.58. The Labute approximate surface area is 160 Å². The summed E-state index contributed by atoms with van der Waals surface area (Å²) in [5.41, 5.74) is 2.76. The Morgan fingerprint density at radius 2 is 1.96 bits per heavy atom. The minimum atomic E-state index is 0.0384. The summed E-state index contributed by atoms with van der Waals surface area (Å²) in [4.78, 5) is 15.3. The van der Waals surface area contributed by atoms with E-state index < -0.39 is 0 Å². The number of rotatable bonds is 4. The van der Waals surface area contributed by atoms with Gasteiger partial charge in [0.05, 0.1) is 23.0 Å². The number of carbonyl (C=O) groups is 1. The van der Waals surface area contributed by atoms with E-state index in [4.69, 9.17) is 9.62 Å². The van der Waals surface area contributed by atoms with Crippen molar-refractivity contribution in [2.45, 2.75) is 70.8 Å². The van der Waals surface area contributed by atoms with Gasteiger partial charge in [-0.1, -0.05) is 24.4 Å². The van der Waals surface area contributed by atoms with Gasteiger partial charge in [-0.2, -0.15) is 5.10 Å². The average Bonchev–Trinajstić information content (AvgIpc) is 3.28. The molecule has 2 aromatic heterocycles. The molecular weight excluding hydrogens is 340 g/mol. The number of piperidine rings is 1. The van der Waals surface area contributed by atoms with Crippen LogP contribution in [0.1, 0.15) is 75.2 Å². The molecule has 2 aliphatic rings. The molecule has 146 valence electrons. The Morgan fingerprint density at radius 3 is 2.70 bits per heavy atom. The predicted molar refractivity (Wildman–Crippen MR) is 103 cm³/mol. The highest BCUT2D eigenvalue weighted by molar-refractivity contribution is 5.77. The summed E-state index contributed by atoms with van der Waals surface area (Å²) in [6, 6.07) is 1.98. The summed E-state index contributed by atoms with van der Waals surface area (Å²) >= 11 is 0. The molecule has 0 radical (unpaired) electrons. The molecule has 2 fully saturated rings. The van der Waals surface area contributed by atoms with Crippen LogP contribution in [0.15, 0.2) is 16.8 Å². The standard InChI is InChI=1S/C21H30N4O2/c1-15-12-19(27-23-15)17-14-24(2)22-21(17)18-10-6-7-11-25(18)20(26)13-16-8-4-3-5-9-16/h12,14,16,18H,3-11,13H2,1-2H3/t18-/m1/s1. The molecule has 0 N–H and O–H groups in total. The molecule has 1 aliphatic carbocycles. The zero-order valence-corrected chi connectivity index (χ0v) is 16.5. The first-order valence-corrected chi connectivity index (χ1v) is 10.4. The number of hydrogen-bond acceptors (Lipinski definition) is 4. The van der Waals surface area contributed by atoms with Crippen molar-refractivity contribution in [3.63, 3.8) is 0 Å². The first kappa shape index (κ1) is 18.3. The average molecular weight is 370 g/mol. The zero-order valence-electron chi connectivity index (χ0n) is 16.5. The molecule has 27 heavy (non-hydrogen) atoms. The van der Waals surface area contributed by atoms with Gasteiger partial charge >= 0.3 is 0 Å². The molecule has 1 atom stereocenters. The summed E-state index contributed by atoms with van der Waals surface area (Å²) in [6.45, 7) is 2.76. The van der Waals surface area contributed by atoms with Crippen molar-refractivity contribution in [2.24, 2.45) is 13.0 Å². The maximum Gasteiger partial charge on any atom is 0.223 e. The Hall–Kier alpha value is -2.11. The van der Waals surface area contributed by atoms with Crippen LogP contribution < -0.4 is 0 Å². The molecular formula is C21H30N4O2. The Kier molecular flexibility index (Phi) is 5.32. The van der Waals surface area contributed by atoms with Gasteiger partial charge in [-0.25, -0.2) is 0 Å². The van der Waals surface area contributed by atoms with E-state index in [1.54, 1.807) is 0 Å². The van der Waals surface area contributed by atoms with Gasteiger partial charge in [0.2, 0.25) is 5.91 Å². The van der Waals surface area contributed by atoms with Gasteiger partial charge in [-0.15, -0.1) is 0 Å². The molecule has 3 heterocycles. The summed E-state index contributed by atoms with van der Waals surface area (Å²) in [5.74, 6) is 1.60. The normalized spacial score (nSPS) is 21.6. The molecule has 0 aromatic carbocycles. The van der Waals surface area contributed by atoms with Crippen molar-refractivity contribution in [3.8, 4) is 11.3 Å². The lowest BCUT2D eigenvalue weighted by Crippen LogP contribution is -2.39. The maximum absolute atomic E-state index is 13.2. The van der Waals surface area contributed by atoms with Crippen LogP contribution in [-0.2, 0) is 11.8 Å². The number of amides is 1. The van der Waals surface area contributed by atoms with E-state index in [2.05, 4.69) is 10.1 Å². The molecule has 6 nitrogen and oxygen atoms in total. The van der Waals surface area contributed by atoms with Gasteiger partial charge in [0.25, 0.3) is 0 Å². The highest BCUT2D eigenvalue weighted by Crippen LogP contribution is 2.37. The smallest absolute Gasteiger partial charge is 0.223 e. The fourth-order valence-electron chi connectivity index (χ4n) is 4.70. The Morgan fingerprint density at radius 1 is 1.19 bits per heavy atom. The van der Waals surface area contributed by atoms with Gasteiger partial charge in [-0.05, 0) is 44.9 Å². The highest BCUT2D eigenvalue weighted by Gasteiger charge is 2.33. The molecule has 6 heteroatoms. The summed E-state index contributed by atoms with van der Waals surface area (Å²) < 4.78 is 7.33. The first-order valence-electron chi connectivity index (χ1n) is 10.4. The van der Waals surface area contributed by atoms with E-state index in [1.807, 2.05) is 30.9 Å². The fraction of sp³-hybridized carbons (Fsp3) is 0.667. The number of carbonyl (C=O) groups excluding carboxylic acids is 1. The number of hydrogen-bond donors (Lipinski definition) is 0. The maximum atomic E-state index is 13.2. The van der Waals surface area contributed by atoms with Crippen LogP contribution >= 0.6 is 0 Å². The van der Waals surface area contributed by atoms with Crippen LogP contribution in [-0.4, -0.2) is 32.3 Å². The van der Waals surface area contributed by atoms with E-state index in [9.17, 15) is 4.79 Å². The molecule has 1 saturated carbocycles. The summed E-state index contributed by atoms with van der Waals surface area (Å²) in [6.07, 6.45) is 12.1. The third kappa shape index (κ3) is 3.94. The predicted octanol–water partition coefficient (Wildman–Crippen LogP) is 4.41. The van der Waals surface area contributed by atoms with E-state index in [-0.39, 0.29) is 6.04 Å². The van der Waals surface area contributed by atoms with Crippen LogP contribution in [0.2, 0.25) is 0 Å². The second-order valence-corrected chi connectivity index (χ2v) is 8.24. The second-order valence-electron chi connectivity index (χ2n) is 8.24. The summed E-state index contributed by atoms with van der Waals surface area (Å²) in [7, 11) is 1.92. The first-order chi connectivity index (χ1) is 13.1. The van der Waals surface area contributed by atoms with Crippen molar-refractivity contribution in [1.29, 1.82) is 0 Å². The van der Waals surface area contributed by atoms with Crippen molar-refractivity contribution in [1.82, 2.24) is 19.8 Å². The molecule has 1 saturated heterocycles. The van der Waals surface area contributed by atoms with E-state index >= 15 is 0 Å². The molecule has 0 spiro atoms. The minimum absolute atomic E-state index is 0.0384. The van der Waals surface area contributed by atoms with Gasteiger partial charge in [0.1, 0.15) is 0 Å². The minimum Gasteiger partial charge on any atom is -0.356 e. The van der Waals surface area contributed by atoms with E-state index in [0.717, 1.165) is 48.5 Å². The van der Waals surface area contributed by atoms with E-state index in [1.165, 1.54) is 32.1 Å². The number of likely N-dealkylation sites (tertiary alicyclic amines) is 1. The van der Waals surface area contributed by atoms with Crippen molar-refractivity contribution < 1.29 is 9.32 Å². The molecule has 0 bridgehead atoms.